The number of anilines is 1. The average molecular weight is 246 g/mol. The van der Waals surface area contributed by atoms with Crippen molar-refractivity contribution >= 4 is 23.4 Å². The summed E-state index contributed by atoms with van der Waals surface area (Å²) >= 11 is 5.77. The fourth-order valence-corrected chi connectivity index (χ4v) is 1.23. The van der Waals surface area contributed by atoms with Crippen LogP contribution < -0.4 is 10.1 Å². The molecule has 5 nitrogen and oxygen atoms in total. The summed E-state index contributed by atoms with van der Waals surface area (Å²) in [5, 5.41) is 11.4. The van der Waals surface area contributed by atoms with E-state index >= 15 is 0 Å². The third-order valence-electron chi connectivity index (χ3n) is 1.72. The average Bonchev–Trinajstić information content (AvgIpc) is 2.27. The number of methoxy groups -OCH3 is 1. The van der Waals surface area contributed by atoms with Crippen molar-refractivity contribution in [2.45, 2.75) is 0 Å². The molecule has 0 heterocycles. The zero-order valence-corrected chi connectivity index (χ0v) is 9.45. The van der Waals surface area contributed by atoms with E-state index in [-0.39, 0.29) is 13.2 Å². The Hall–Kier alpha value is -1.46. The van der Waals surface area contributed by atoms with Gasteiger partial charge < -0.3 is 14.6 Å². The highest BCUT2D eigenvalue weighted by atomic mass is 35.5. The SMILES string of the molecule is COc1ccc(Cl)cc1NC(=O)OCCO. The number of carbonyl (C=O) groups is 1. The summed E-state index contributed by atoms with van der Waals surface area (Å²) in [4.78, 5) is 11.2. The van der Waals surface area contributed by atoms with Crippen LogP contribution in [0, 0.1) is 0 Å². The molecule has 0 unspecified atom stereocenters. The summed E-state index contributed by atoms with van der Waals surface area (Å²) in [5.41, 5.74) is 0.415. The van der Waals surface area contributed by atoms with Crippen molar-refractivity contribution in [3.8, 4) is 5.75 Å². The summed E-state index contributed by atoms with van der Waals surface area (Å²) < 4.78 is 9.66. The van der Waals surface area contributed by atoms with Crippen LogP contribution in [0.5, 0.6) is 5.75 Å². The van der Waals surface area contributed by atoms with Crippen LogP contribution in [-0.2, 0) is 4.74 Å². The van der Waals surface area contributed by atoms with Crippen LogP contribution in [0.25, 0.3) is 0 Å². The number of nitrogens with one attached hydrogen (secondary N) is 1. The molecule has 0 atom stereocenters. The molecule has 0 fully saturated rings. The summed E-state index contributed by atoms with van der Waals surface area (Å²) in [5.74, 6) is 0.477. The van der Waals surface area contributed by atoms with E-state index in [1.54, 1.807) is 18.2 Å². The Morgan fingerprint density at radius 2 is 2.31 bits per heavy atom. The second-order valence-corrected chi connectivity index (χ2v) is 3.27. The number of ether oxygens (including phenoxy) is 2. The molecule has 88 valence electrons. The van der Waals surface area contributed by atoms with Crippen molar-refractivity contribution in [3.05, 3.63) is 23.2 Å². The maximum Gasteiger partial charge on any atom is 0.411 e. The van der Waals surface area contributed by atoms with E-state index in [4.69, 9.17) is 21.4 Å². The summed E-state index contributed by atoms with van der Waals surface area (Å²) in [6, 6.07) is 4.81. The molecule has 1 rings (SSSR count). The molecule has 6 heteroatoms. The van der Waals surface area contributed by atoms with Gasteiger partial charge in [-0.25, -0.2) is 4.79 Å². The third kappa shape index (κ3) is 3.60. The summed E-state index contributed by atoms with van der Waals surface area (Å²) in [6.07, 6.45) is -0.672. The van der Waals surface area contributed by atoms with Gasteiger partial charge in [0.25, 0.3) is 0 Å². The minimum absolute atomic E-state index is 0.0608. The van der Waals surface area contributed by atoms with E-state index in [0.29, 0.717) is 16.5 Å². The van der Waals surface area contributed by atoms with Crippen molar-refractivity contribution in [1.29, 1.82) is 0 Å². The van der Waals surface area contributed by atoms with Gasteiger partial charge >= 0.3 is 6.09 Å². The van der Waals surface area contributed by atoms with Gasteiger partial charge in [-0.2, -0.15) is 0 Å². The number of hydrogen-bond donors (Lipinski definition) is 2. The van der Waals surface area contributed by atoms with Crippen LogP contribution in [0.3, 0.4) is 0 Å². The number of benzene rings is 1. The molecule has 0 radical (unpaired) electrons. The molecule has 0 aliphatic rings. The molecule has 0 bridgehead atoms. The molecular weight excluding hydrogens is 234 g/mol. The number of halogens is 1. The van der Waals surface area contributed by atoms with E-state index in [0.717, 1.165) is 0 Å². The number of carbonyl (C=O) groups excluding carboxylic acids is 1. The third-order valence-corrected chi connectivity index (χ3v) is 1.96. The topological polar surface area (TPSA) is 67.8 Å². The minimum atomic E-state index is -0.672. The predicted octanol–water partition coefficient (Wildman–Crippen LogP) is 1.89. The zero-order chi connectivity index (χ0) is 12.0. The lowest BCUT2D eigenvalue weighted by Crippen LogP contribution is -2.16. The van der Waals surface area contributed by atoms with Crippen LogP contribution in [-0.4, -0.2) is 31.5 Å². The summed E-state index contributed by atoms with van der Waals surface area (Å²) in [6.45, 7) is -0.283. The Morgan fingerprint density at radius 3 is 2.94 bits per heavy atom. The van der Waals surface area contributed by atoms with Gasteiger partial charge in [0.15, 0.2) is 0 Å². The standard InChI is InChI=1S/C10H12ClNO4/c1-15-9-3-2-7(11)6-8(9)12-10(14)16-5-4-13/h2-3,6,13H,4-5H2,1H3,(H,12,14). The van der Waals surface area contributed by atoms with Crippen LogP contribution in [0.4, 0.5) is 10.5 Å². The lowest BCUT2D eigenvalue weighted by atomic mass is 10.3. The van der Waals surface area contributed by atoms with E-state index < -0.39 is 6.09 Å². The Bertz CT molecular complexity index is 370. The minimum Gasteiger partial charge on any atom is -0.495 e. The van der Waals surface area contributed by atoms with Crippen molar-refractivity contribution < 1.29 is 19.4 Å². The van der Waals surface area contributed by atoms with Crippen LogP contribution >= 0.6 is 11.6 Å². The second kappa shape index (κ2) is 6.19. The summed E-state index contributed by atoms with van der Waals surface area (Å²) in [7, 11) is 1.48. The lowest BCUT2D eigenvalue weighted by molar-refractivity contribution is 0.131. The van der Waals surface area contributed by atoms with Crippen molar-refractivity contribution in [1.82, 2.24) is 0 Å². The molecular formula is C10H12ClNO4. The van der Waals surface area contributed by atoms with Crippen LogP contribution in [0.2, 0.25) is 5.02 Å². The van der Waals surface area contributed by atoms with E-state index in [9.17, 15) is 4.79 Å². The van der Waals surface area contributed by atoms with Crippen LogP contribution in [0.1, 0.15) is 0 Å². The number of aliphatic hydroxyl groups is 1. The molecule has 0 aliphatic carbocycles. The first-order valence-electron chi connectivity index (χ1n) is 4.55. The molecule has 0 spiro atoms. The molecule has 1 aromatic carbocycles. The van der Waals surface area contributed by atoms with Gasteiger partial charge in [-0.3, -0.25) is 5.32 Å². The van der Waals surface area contributed by atoms with Crippen molar-refractivity contribution in [2.24, 2.45) is 0 Å². The monoisotopic (exact) mass is 245 g/mol. The van der Waals surface area contributed by atoms with Gasteiger partial charge in [-0.05, 0) is 18.2 Å². The first-order chi connectivity index (χ1) is 7.67. The first kappa shape index (κ1) is 12.6. The molecule has 1 amide bonds. The molecule has 0 aromatic heterocycles. The van der Waals surface area contributed by atoms with Gasteiger partial charge in [0, 0.05) is 5.02 Å². The number of amides is 1. The predicted molar refractivity (Wildman–Crippen MR) is 60.1 cm³/mol. The number of rotatable bonds is 4. The Balaban J connectivity index is 2.71. The maximum atomic E-state index is 11.2. The molecule has 0 saturated heterocycles. The van der Waals surface area contributed by atoms with E-state index in [1.165, 1.54) is 7.11 Å². The van der Waals surface area contributed by atoms with Crippen molar-refractivity contribution in [2.75, 3.05) is 25.6 Å². The highest BCUT2D eigenvalue weighted by Gasteiger charge is 2.08. The normalized spacial score (nSPS) is 9.69. The molecule has 2 N–H and O–H groups in total. The fraction of sp³-hybridized carbons (Fsp3) is 0.300. The highest BCUT2D eigenvalue weighted by molar-refractivity contribution is 6.31. The smallest absolute Gasteiger partial charge is 0.411 e. The van der Waals surface area contributed by atoms with Crippen LogP contribution in [0.15, 0.2) is 18.2 Å². The quantitative estimate of drug-likeness (QED) is 0.850. The van der Waals surface area contributed by atoms with Gasteiger partial charge in [0.1, 0.15) is 12.4 Å². The largest absolute Gasteiger partial charge is 0.495 e. The Morgan fingerprint density at radius 1 is 1.56 bits per heavy atom. The van der Waals surface area contributed by atoms with Gasteiger partial charge in [-0.1, -0.05) is 11.6 Å². The fourth-order valence-electron chi connectivity index (χ4n) is 1.06. The number of aliphatic hydroxyl groups excluding tert-OH is 1. The zero-order valence-electron chi connectivity index (χ0n) is 8.70. The Labute approximate surface area is 97.9 Å². The van der Waals surface area contributed by atoms with E-state index in [1.807, 2.05) is 0 Å². The lowest BCUT2D eigenvalue weighted by Gasteiger charge is -2.10. The van der Waals surface area contributed by atoms with Gasteiger partial charge in [0.05, 0.1) is 19.4 Å². The molecule has 0 saturated carbocycles. The van der Waals surface area contributed by atoms with Gasteiger partial charge in [0.2, 0.25) is 0 Å². The van der Waals surface area contributed by atoms with Crippen molar-refractivity contribution in [3.63, 3.8) is 0 Å². The first-order valence-corrected chi connectivity index (χ1v) is 4.93. The number of hydrogen-bond acceptors (Lipinski definition) is 4. The molecule has 1 aromatic rings. The Kier molecular flexibility index (Phi) is 4.88. The molecule has 16 heavy (non-hydrogen) atoms. The molecule has 0 aliphatic heterocycles. The van der Waals surface area contributed by atoms with E-state index in [2.05, 4.69) is 10.1 Å². The van der Waals surface area contributed by atoms with Gasteiger partial charge in [-0.15, -0.1) is 0 Å². The maximum absolute atomic E-state index is 11.2. The highest BCUT2D eigenvalue weighted by Crippen LogP contribution is 2.27. The second-order valence-electron chi connectivity index (χ2n) is 2.83.